The fraction of sp³-hybridized carbons (Fsp3) is 0.417. The Labute approximate surface area is 160 Å². The Hall–Kier alpha value is -2.14. The molecule has 0 unspecified atom stereocenters. The smallest absolute Gasteiger partial charge is 0.299 e. The molecule has 0 amide bonds. The third-order valence-corrected chi connectivity index (χ3v) is 5.18. The predicted octanol–water partition coefficient (Wildman–Crippen LogP) is 3.99. The molecule has 0 aromatic heterocycles. The molecule has 2 aromatic rings. The molecule has 0 saturated carbocycles. The van der Waals surface area contributed by atoms with E-state index in [0.717, 1.165) is 13.1 Å². The summed E-state index contributed by atoms with van der Waals surface area (Å²) < 4.78 is 0. The summed E-state index contributed by atoms with van der Waals surface area (Å²) in [6, 6.07) is 12.6. The number of hydrogen-bond acceptors (Lipinski definition) is 1. The molecule has 0 fully saturated rings. The molecule has 0 saturated heterocycles. The number of aryl methyl sites for hydroxylation is 6. The lowest BCUT2D eigenvalue weighted by Crippen LogP contribution is -2.47. The molecule has 2 heteroatoms. The summed E-state index contributed by atoms with van der Waals surface area (Å²) in [4.78, 5) is 2.19. The van der Waals surface area contributed by atoms with E-state index in [-0.39, 0.29) is 6.71 Å². The van der Waals surface area contributed by atoms with Crippen LogP contribution in [-0.2, 0) is 0 Å². The van der Waals surface area contributed by atoms with Crippen molar-refractivity contribution in [3.63, 3.8) is 0 Å². The zero-order valence-electron chi connectivity index (χ0n) is 17.7. The highest BCUT2D eigenvalue weighted by Crippen LogP contribution is 2.12. The molecule has 1 nitrogen and oxygen atoms in total. The fourth-order valence-corrected chi connectivity index (χ4v) is 4.12. The molecule has 136 valence electrons. The van der Waals surface area contributed by atoms with E-state index >= 15 is 0 Å². The van der Waals surface area contributed by atoms with Gasteiger partial charge in [-0.1, -0.05) is 68.6 Å². The Morgan fingerprint density at radius 2 is 1.04 bits per heavy atom. The van der Waals surface area contributed by atoms with E-state index in [1.165, 1.54) is 44.3 Å². The van der Waals surface area contributed by atoms with Crippen LogP contribution in [0.15, 0.2) is 24.3 Å². The van der Waals surface area contributed by atoms with Crippen molar-refractivity contribution in [3.05, 3.63) is 57.6 Å². The van der Waals surface area contributed by atoms with Gasteiger partial charge in [-0.15, -0.1) is 5.82 Å². The lowest BCUT2D eigenvalue weighted by molar-refractivity contribution is 0.444. The van der Waals surface area contributed by atoms with Crippen LogP contribution in [0.3, 0.4) is 0 Å². The number of nitrogens with zero attached hydrogens (tertiary/aromatic N) is 1. The Kier molecular flexibility index (Phi) is 6.60. The molecule has 0 heterocycles. The van der Waals surface area contributed by atoms with Crippen molar-refractivity contribution < 1.29 is 0 Å². The summed E-state index contributed by atoms with van der Waals surface area (Å²) in [5, 5.41) is 0. The van der Waals surface area contributed by atoms with Gasteiger partial charge in [0.25, 0.3) is 6.71 Å². The normalized spacial score (nSPS) is 10.3. The average Bonchev–Trinajstić information content (AvgIpc) is 2.53. The van der Waals surface area contributed by atoms with Gasteiger partial charge in [-0.3, -0.25) is 0 Å². The van der Waals surface area contributed by atoms with Gasteiger partial charge in [-0.05, 0) is 61.4 Å². The third-order valence-electron chi connectivity index (χ3n) is 5.18. The summed E-state index contributed by atoms with van der Waals surface area (Å²) in [7, 11) is 0. The van der Waals surface area contributed by atoms with Crippen LogP contribution in [0.1, 0.15) is 47.2 Å². The number of hydrogen-bond donors (Lipinski definition) is 0. The maximum absolute atomic E-state index is 3.63. The van der Waals surface area contributed by atoms with Crippen LogP contribution >= 0.6 is 0 Å². The van der Waals surface area contributed by atoms with Crippen molar-refractivity contribution >= 4 is 17.6 Å². The Morgan fingerprint density at radius 1 is 0.692 bits per heavy atom. The van der Waals surface area contributed by atoms with E-state index < -0.39 is 0 Å². The second-order valence-corrected chi connectivity index (χ2v) is 7.49. The zero-order valence-corrected chi connectivity index (χ0v) is 17.7. The standard InChI is InChI=1S/C24H32BN/c1-9-26(10-2)12-11-25(23-19(5)13-17(3)14-20(23)6)24-21(7)15-18(4)16-22(24)8/h13-16H,9-10H2,1-8H3. The summed E-state index contributed by atoms with van der Waals surface area (Å²) in [6.45, 7) is 19.6. The van der Waals surface area contributed by atoms with Crippen LogP contribution in [0.4, 0.5) is 0 Å². The van der Waals surface area contributed by atoms with Gasteiger partial charge in [0.05, 0.1) is 0 Å². The first kappa shape index (κ1) is 20.2. The molecule has 0 atom stereocenters. The molecule has 2 aromatic carbocycles. The van der Waals surface area contributed by atoms with Gasteiger partial charge in [0, 0.05) is 13.1 Å². The largest absolute Gasteiger partial charge is 0.334 e. The van der Waals surface area contributed by atoms with Crippen LogP contribution in [0.5, 0.6) is 0 Å². The molecule has 0 aliphatic heterocycles. The van der Waals surface area contributed by atoms with Crippen LogP contribution in [0.25, 0.3) is 0 Å². The monoisotopic (exact) mass is 345 g/mol. The van der Waals surface area contributed by atoms with Gasteiger partial charge in [0.15, 0.2) is 0 Å². The minimum Gasteiger partial charge on any atom is -0.334 e. The van der Waals surface area contributed by atoms with Gasteiger partial charge in [0.1, 0.15) is 0 Å². The fourth-order valence-electron chi connectivity index (χ4n) is 4.12. The van der Waals surface area contributed by atoms with Crippen molar-refractivity contribution in [2.45, 2.75) is 55.4 Å². The highest BCUT2D eigenvalue weighted by molar-refractivity contribution is 6.92. The predicted molar refractivity (Wildman–Crippen MR) is 117 cm³/mol. The quantitative estimate of drug-likeness (QED) is 0.460. The summed E-state index contributed by atoms with van der Waals surface area (Å²) in [5.41, 5.74) is 10.7. The van der Waals surface area contributed by atoms with Crippen molar-refractivity contribution in [2.75, 3.05) is 13.1 Å². The van der Waals surface area contributed by atoms with Crippen molar-refractivity contribution in [3.8, 4) is 11.9 Å². The van der Waals surface area contributed by atoms with E-state index in [9.17, 15) is 0 Å². The van der Waals surface area contributed by atoms with E-state index in [4.69, 9.17) is 0 Å². The third kappa shape index (κ3) is 4.33. The zero-order chi connectivity index (χ0) is 19.4. The molecule has 0 radical (unpaired) electrons. The average molecular weight is 345 g/mol. The van der Waals surface area contributed by atoms with E-state index in [0.29, 0.717) is 0 Å². The van der Waals surface area contributed by atoms with Crippen LogP contribution in [0.2, 0.25) is 0 Å². The highest BCUT2D eigenvalue weighted by atomic mass is 15.1. The molecule has 0 aliphatic rings. The van der Waals surface area contributed by atoms with Crippen molar-refractivity contribution in [1.82, 2.24) is 4.90 Å². The molecule has 0 N–H and O–H groups in total. The highest BCUT2D eigenvalue weighted by Gasteiger charge is 2.25. The first-order valence-corrected chi connectivity index (χ1v) is 9.70. The number of rotatable bonds is 4. The van der Waals surface area contributed by atoms with E-state index in [1.807, 2.05) is 0 Å². The maximum atomic E-state index is 3.63. The lowest BCUT2D eigenvalue weighted by Gasteiger charge is -2.21. The minimum atomic E-state index is 0.108. The molecular weight excluding hydrogens is 313 g/mol. The van der Waals surface area contributed by atoms with Crippen molar-refractivity contribution in [2.24, 2.45) is 0 Å². The van der Waals surface area contributed by atoms with Crippen LogP contribution in [0, 0.1) is 53.4 Å². The molecular formula is C24H32BN. The van der Waals surface area contributed by atoms with Crippen LogP contribution in [-0.4, -0.2) is 24.7 Å². The summed E-state index contributed by atoms with van der Waals surface area (Å²) in [5.74, 6) is 3.63. The van der Waals surface area contributed by atoms with Crippen LogP contribution < -0.4 is 10.9 Å². The minimum absolute atomic E-state index is 0.108. The molecule has 0 aliphatic carbocycles. The van der Waals surface area contributed by atoms with Gasteiger partial charge < -0.3 is 4.90 Å². The molecule has 26 heavy (non-hydrogen) atoms. The number of benzene rings is 2. The second-order valence-electron chi connectivity index (χ2n) is 7.49. The van der Waals surface area contributed by atoms with Gasteiger partial charge >= 0.3 is 0 Å². The van der Waals surface area contributed by atoms with Crippen molar-refractivity contribution in [1.29, 1.82) is 0 Å². The van der Waals surface area contributed by atoms with Gasteiger partial charge in [0.2, 0.25) is 0 Å². The SMILES string of the molecule is CCN(C#CB(c1c(C)cc(C)cc1C)c1c(C)cc(C)cc1C)CC. The Morgan fingerprint density at radius 3 is 1.35 bits per heavy atom. The molecule has 2 rings (SSSR count). The molecule has 0 bridgehead atoms. The van der Waals surface area contributed by atoms with E-state index in [2.05, 4.69) is 96.4 Å². The first-order chi connectivity index (χ1) is 12.3. The summed E-state index contributed by atoms with van der Waals surface area (Å²) in [6.07, 6.45) is 0. The Balaban J connectivity index is 2.73. The second kappa shape index (κ2) is 8.50. The lowest BCUT2D eigenvalue weighted by atomic mass is 9.38. The van der Waals surface area contributed by atoms with Gasteiger partial charge in [-0.2, -0.15) is 0 Å². The van der Waals surface area contributed by atoms with E-state index in [1.54, 1.807) is 0 Å². The molecule has 0 spiro atoms. The van der Waals surface area contributed by atoms with Gasteiger partial charge in [-0.25, -0.2) is 0 Å². The Bertz CT molecular complexity index is 747. The maximum Gasteiger partial charge on any atom is 0.299 e. The first-order valence-electron chi connectivity index (χ1n) is 9.70. The topological polar surface area (TPSA) is 3.24 Å². The summed E-state index contributed by atoms with van der Waals surface area (Å²) >= 11 is 0.